The molecule has 2 N–H and O–H groups in total. The fraction of sp³-hybridized carbons (Fsp3) is 0.357. The first kappa shape index (κ1) is 16.5. The Kier molecular flexibility index (Phi) is 5.23. The van der Waals surface area contributed by atoms with Crippen LogP contribution in [0.25, 0.3) is 5.69 Å². The van der Waals surface area contributed by atoms with E-state index in [9.17, 15) is 9.18 Å². The van der Waals surface area contributed by atoms with Crippen molar-refractivity contribution in [3.63, 3.8) is 0 Å². The predicted molar refractivity (Wildman–Crippen MR) is 82.4 cm³/mol. The number of para-hydroxylation sites is 1. The summed E-state index contributed by atoms with van der Waals surface area (Å²) in [5.74, 6) is -0.593. The molecule has 0 unspecified atom stereocenters. The number of oxazole rings is 1. The second kappa shape index (κ2) is 6.95. The third-order valence-electron chi connectivity index (χ3n) is 3.44. The van der Waals surface area contributed by atoms with Crippen molar-refractivity contribution in [2.75, 3.05) is 31.2 Å². The van der Waals surface area contributed by atoms with E-state index in [-0.39, 0.29) is 24.8 Å². The van der Waals surface area contributed by atoms with Gasteiger partial charge in [-0.2, -0.15) is 0 Å². The number of nitrogens with two attached hydrogens (primary N) is 1. The summed E-state index contributed by atoms with van der Waals surface area (Å²) >= 11 is 0. The van der Waals surface area contributed by atoms with Gasteiger partial charge in [0.2, 0.25) is 0 Å². The molecule has 6 nitrogen and oxygen atoms in total. The van der Waals surface area contributed by atoms with E-state index in [0.29, 0.717) is 43.4 Å². The van der Waals surface area contributed by atoms with Crippen LogP contribution in [0.5, 0.6) is 0 Å². The fourth-order valence-corrected chi connectivity index (χ4v) is 2.44. The third-order valence-corrected chi connectivity index (χ3v) is 3.44. The van der Waals surface area contributed by atoms with Gasteiger partial charge in [0.1, 0.15) is 11.6 Å². The molecule has 1 saturated heterocycles. The highest BCUT2D eigenvalue weighted by atomic mass is 35.5. The van der Waals surface area contributed by atoms with Gasteiger partial charge in [-0.1, -0.05) is 6.07 Å². The Morgan fingerprint density at radius 2 is 2.00 bits per heavy atom. The Labute approximate surface area is 132 Å². The maximum Gasteiger partial charge on any atom is 0.423 e. The highest BCUT2D eigenvalue weighted by Crippen LogP contribution is 2.28. The average Bonchev–Trinajstić information content (AvgIpc) is 2.89. The monoisotopic (exact) mass is 329 g/mol. The van der Waals surface area contributed by atoms with Crippen LogP contribution >= 0.6 is 12.4 Å². The molecule has 0 bridgehead atoms. The lowest BCUT2D eigenvalue weighted by Crippen LogP contribution is -2.37. The lowest BCUT2D eigenvalue weighted by atomic mass is 10.2. The molecular formula is C14H17ClFN3O3. The van der Waals surface area contributed by atoms with Gasteiger partial charge in [-0.3, -0.25) is 0 Å². The molecule has 0 aliphatic carbocycles. The van der Waals surface area contributed by atoms with Crippen LogP contribution in [0.3, 0.4) is 0 Å². The standard InChI is InChI=1S/C14H16FN3O3.ClH/c15-11-2-1-3-12(13(11)17-4-6-20-7-5-17)18-9-10(8-16)21-14(18)19;/h1-3,9H,4-8,16H2;1H. The third kappa shape index (κ3) is 3.01. The van der Waals surface area contributed by atoms with Gasteiger partial charge < -0.3 is 19.8 Å². The summed E-state index contributed by atoms with van der Waals surface area (Å²) in [4.78, 5) is 13.8. The van der Waals surface area contributed by atoms with Crippen molar-refractivity contribution in [1.29, 1.82) is 0 Å². The van der Waals surface area contributed by atoms with E-state index < -0.39 is 5.76 Å². The van der Waals surface area contributed by atoms with Crippen LogP contribution in [0.2, 0.25) is 0 Å². The molecule has 0 atom stereocenters. The van der Waals surface area contributed by atoms with Gasteiger partial charge in [-0.05, 0) is 12.1 Å². The lowest BCUT2D eigenvalue weighted by Gasteiger charge is -2.30. The maximum absolute atomic E-state index is 14.3. The molecule has 1 aliphatic heterocycles. The molecule has 8 heteroatoms. The summed E-state index contributed by atoms with van der Waals surface area (Å²) in [5.41, 5.74) is 6.31. The van der Waals surface area contributed by atoms with E-state index in [4.69, 9.17) is 14.9 Å². The molecule has 1 aromatic heterocycles. The molecule has 2 heterocycles. The van der Waals surface area contributed by atoms with Crippen LogP contribution in [0.15, 0.2) is 33.6 Å². The summed E-state index contributed by atoms with van der Waals surface area (Å²) in [6, 6.07) is 4.63. The van der Waals surface area contributed by atoms with Gasteiger partial charge in [-0.25, -0.2) is 13.8 Å². The van der Waals surface area contributed by atoms with E-state index in [2.05, 4.69) is 0 Å². The zero-order valence-electron chi connectivity index (χ0n) is 11.8. The summed E-state index contributed by atoms with van der Waals surface area (Å²) in [7, 11) is 0. The van der Waals surface area contributed by atoms with Crippen LogP contribution < -0.4 is 16.4 Å². The normalized spacial score (nSPS) is 14.7. The van der Waals surface area contributed by atoms with Gasteiger partial charge in [0, 0.05) is 13.1 Å². The largest absolute Gasteiger partial charge is 0.423 e. The Balaban J connectivity index is 0.00000176. The lowest BCUT2D eigenvalue weighted by molar-refractivity contribution is 0.122. The first-order valence-electron chi connectivity index (χ1n) is 6.73. The highest BCUT2D eigenvalue weighted by molar-refractivity contribution is 5.85. The minimum absolute atomic E-state index is 0. The van der Waals surface area contributed by atoms with Crippen LogP contribution in [-0.2, 0) is 11.3 Å². The number of halogens is 2. The second-order valence-electron chi connectivity index (χ2n) is 4.74. The number of benzene rings is 1. The zero-order chi connectivity index (χ0) is 14.8. The molecule has 22 heavy (non-hydrogen) atoms. The van der Waals surface area contributed by atoms with Crippen LogP contribution in [-0.4, -0.2) is 30.9 Å². The molecule has 120 valence electrons. The van der Waals surface area contributed by atoms with E-state index in [1.165, 1.54) is 16.8 Å². The fourth-order valence-electron chi connectivity index (χ4n) is 2.44. The van der Waals surface area contributed by atoms with Crippen LogP contribution in [0, 0.1) is 5.82 Å². The minimum atomic E-state index is -0.574. The van der Waals surface area contributed by atoms with Crippen molar-refractivity contribution in [2.24, 2.45) is 5.73 Å². The number of hydrogen-bond acceptors (Lipinski definition) is 5. The molecule has 0 amide bonds. The zero-order valence-corrected chi connectivity index (χ0v) is 12.6. The average molecular weight is 330 g/mol. The number of nitrogens with zero attached hydrogens (tertiary/aromatic N) is 2. The van der Waals surface area contributed by atoms with Gasteiger partial charge >= 0.3 is 5.76 Å². The van der Waals surface area contributed by atoms with Gasteiger partial charge in [0.15, 0.2) is 0 Å². The van der Waals surface area contributed by atoms with Crippen molar-refractivity contribution in [3.05, 3.63) is 46.5 Å². The highest BCUT2D eigenvalue weighted by Gasteiger charge is 2.21. The molecule has 1 aromatic carbocycles. The minimum Gasteiger partial charge on any atom is -0.411 e. The number of aromatic nitrogens is 1. The Morgan fingerprint density at radius 1 is 1.27 bits per heavy atom. The number of ether oxygens (including phenoxy) is 1. The van der Waals surface area contributed by atoms with Gasteiger partial charge in [0.05, 0.1) is 37.3 Å². The number of morpholine rings is 1. The quantitative estimate of drug-likeness (QED) is 0.918. The molecule has 1 aliphatic rings. The molecule has 3 rings (SSSR count). The first-order chi connectivity index (χ1) is 10.2. The summed E-state index contributed by atoms with van der Waals surface area (Å²) in [5, 5.41) is 0. The van der Waals surface area contributed by atoms with E-state index >= 15 is 0 Å². The maximum atomic E-state index is 14.3. The topological polar surface area (TPSA) is 73.6 Å². The molecule has 0 saturated carbocycles. The Morgan fingerprint density at radius 3 is 2.64 bits per heavy atom. The molecule has 1 fully saturated rings. The molecular weight excluding hydrogens is 313 g/mol. The number of rotatable bonds is 3. The van der Waals surface area contributed by atoms with Gasteiger partial charge in [0.25, 0.3) is 0 Å². The molecule has 0 radical (unpaired) electrons. The van der Waals surface area contributed by atoms with Crippen LogP contribution in [0.4, 0.5) is 10.1 Å². The van der Waals surface area contributed by atoms with E-state index in [1.807, 2.05) is 4.90 Å². The van der Waals surface area contributed by atoms with Crippen molar-refractivity contribution < 1.29 is 13.5 Å². The SMILES string of the molecule is Cl.NCc1cn(-c2cccc(F)c2N2CCOCC2)c(=O)o1. The molecule has 0 spiro atoms. The Bertz CT molecular complexity index is 695. The first-order valence-corrected chi connectivity index (χ1v) is 6.73. The van der Waals surface area contributed by atoms with Crippen molar-refractivity contribution in [1.82, 2.24) is 4.57 Å². The number of anilines is 1. The molecule has 2 aromatic rings. The van der Waals surface area contributed by atoms with E-state index in [0.717, 1.165) is 0 Å². The van der Waals surface area contributed by atoms with E-state index in [1.54, 1.807) is 12.1 Å². The van der Waals surface area contributed by atoms with Crippen molar-refractivity contribution >= 4 is 18.1 Å². The van der Waals surface area contributed by atoms with Crippen molar-refractivity contribution in [2.45, 2.75) is 6.54 Å². The second-order valence-corrected chi connectivity index (χ2v) is 4.74. The summed E-state index contributed by atoms with van der Waals surface area (Å²) in [6.07, 6.45) is 1.50. The van der Waals surface area contributed by atoms with Gasteiger partial charge in [-0.15, -0.1) is 12.4 Å². The summed E-state index contributed by atoms with van der Waals surface area (Å²) in [6.45, 7) is 2.32. The predicted octanol–water partition coefficient (Wildman–Crippen LogP) is 1.29. The smallest absolute Gasteiger partial charge is 0.411 e. The van der Waals surface area contributed by atoms with Crippen molar-refractivity contribution in [3.8, 4) is 5.69 Å². The van der Waals surface area contributed by atoms with Crippen LogP contribution in [0.1, 0.15) is 5.76 Å². The number of hydrogen-bond donors (Lipinski definition) is 1. The summed E-state index contributed by atoms with van der Waals surface area (Å²) < 4.78 is 25.9. The Hall–Kier alpha value is -1.83.